The Morgan fingerprint density at radius 2 is 1.77 bits per heavy atom. The minimum Gasteiger partial charge on any atom is -0.406 e. The van der Waals surface area contributed by atoms with Crippen molar-refractivity contribution in [2.24, 2.45) is 0 Å². The molecule has 0 aromatic heterocycles. The maximum atomic E-state index is 13.1. The normalized spacial score (nSPS) is 16.9. The molecule has 0 saturated carbocycles. The van der Waals surface area contributed by atoms with Crippen LogP contribution in [-0.4, -0.2) is 29.3 Å². The van der Waals surface area contributed by atoms with Crippen molar-refractivity contribution in [3.05, 3.63) is 70.4 Å². The van der Waals surface area contributed by atoms with Gasteiger partial charge >= 0.3 is 6.36 Å². The first-order valence-corrected chi connectivity index (χ1v) is 9.51. The second-order valence-electron chi connectivity index (χ2n) is 6.52. The molecular formula is C20H17ClF3N3O2S. The third kappa shape index (κ3) is 5.03. The molecule has 158 valence electrons. The zero-order valence-corrected chi connectivity index (χ0v) is 17.5. The number of rotatable bonds is 4. The van der Waals surface area contributed by atoms with Gasteiger partial charge in [-0.25, -0.2) is 0 Å². The number of benzene rings is 2. The fourth-order valence-corrected chi connectivity index (χ4v) is 3.35. The summed E-state index contributed by atoms with van der Waals surface area (Å²) in [7, 11) is 1.74. The van der Waals surface area contributed by atoms with Crippen LogP contribution >= 0.6 is 23.8 Å². The zero-order valence-electron chi connectivity index (χ0n) is 15.9. The minimum absolute atomic E-state index is 0.320. The minimum atomic E-state index is -4.78. The topological polar surface area (TPSA) is 53.6 Å². The molecule has 2 aromatic carbocycles. The summed E-state index contributed by atoms with van der Waals surface area (Å²) >= 11 is 11.3. The summed E-state index contributed by atoms with van der Waals surface area (Å²) in [6.45, 7) is 1.77. The first-order chi connectivity index (χ1) is 14.0. The lowest BCUT2D eigenvalue weighted by molar-refractivity contribution is -0.274. The van der Waals surface area contributed by atoms with Crippen LogP contribution in [0.4, 0.5) is 18.9 Å². The van der Waals surface area contributed by atoms with Crippen molar-refractivity contribution in [2.45, 2.75) is 19.3 Å². The summed E-state index contributed by atoms with van der Waals surface area (Å²) in [6, 6.07) is 11.4. The molecule has 0 spiro atoms. The summed E-state index contributed by atoms with van der Waals surface area (Å²) in [5.74, 6) is -0.793. The van der Waals surface area contributed by atoms with E-state index >= 15 is 0 Å². The van der Waals surface area contributed by atoms with E-state index in [0.29, 0.717) is 27.1 Å². The highest BCUT2D eigenvalue weighted by molar-refractivity contribution is 7.80. The van der Waals surface area contributed by atoms with Crippen molar-refractivity contribution < 1.29 is 22.7 Å². The maximum absolute atomic E-state index is 13.1. The molecule has 0 aliphatic carbocycles. The monoisotopic (exact) mass is 455 g/mol. The van der Waals surface area contributed by atoms with Crippen LogP contribution in [0.15, 0.2) is 59.8 Å². The Kier molecular flexibility index (Phi) is 6.23. The first-order valence-electron chi connectivity index (χ1n) is 8.73. The smallest absolute Gasteiger partial charge is 0.406 e. The summed E-state index contributed by atoms with van der Waals surface area (Å²) in [4.78, 5) is 14.8. The summed E-state index contributed by atoms with van der Waals surface area (Å²) < 4.78 is 40.8. The van der Waals surface area contributed by atoms with Crippen LogP contribution < -0.4 is 15.4 Å². The lowest BCUT2D eigenvalue weighted by Crippen LogP contribution is -2.46. The first kappa shape index (κ1) is 21.9. The lowest BCUT2D eigenvalue weighted by atomic mass is 9.94. The number of anilines is 1. The van der Waals surface area contributed by atoms with Gasteiger partial charge in [-0.3, -0.25) is 4.79 Å². The van der Waals surface area contributed by atoms with Crippen LogP contribution in [0.5, 0.6) is 5.75 Å². The number of carbonyl (C=O) groups is 1. The van der Waals surface area contributed by atoms with Crippen molar-refractivity contribution in [3.8, 4) is 5.75 Å². The Bertz CT molecular complexity index is 992. The standard InChI is InChI=1S/C20H17ClF3N3O2S/c1-11-16(17(26-19(30)27(11)2)12-3-5-13(21)6-4-12)18(28)25-14-7-9-15(10-8-14)29-20(22,23)24/h3-10,17H,1-2H3,(H,25,28)(H,26,30). The number of halogens is 4. The van der Waals surface area contributed by atoms with Gasteiger partial charge in [0.25, 0.3) is 5.91 Å². The van der Waals surface area contributed by atoms with Gasteiger partial charge in [0.1, 0.15) is 5.75 Å². The van der Waals surface area contributed by atoms with Crippen LogP contribution in [0.1, 0.15) is 18.5 Å². The Labute approximate surface area is 181 Å². The van der Waals surface area contributed by atoms with E-state index < -0.39 is 18.3 Å². The van der Waals surface area contributed by atoms with E-state index in [1.807, 2.05) is 0 Å². The molecule has 0 bridgehead atoms. The van der Waals surface area contributed by atoms with E-state index in [1.165, 1.54) is 12.1 Å². The van der Waals surface area contributed by atoms with Crippen molar-refractivity contribution in [1.82, 2.24) is 10.2 Å². The molecule has 0 saturated heterocycles. The predicted octanol–water partition coefficient (Wildman–Crippen LogP) is 5.01. The molecule has 2 aromatic rings. The van der Waals surface area contributed by atoms with Crippen LogP contribution in [-0.2, 0) is 4.79 Å². The molecule has 30 heavy (non-hydrogen) atoms. The van der Waals surface area contributed by atoms with Crippen molar-refractivity contribution in [2.75, 3.05) is 12.4 Å². The second kappa shape index (κ2) is 8.53. The summed E-state index contributed by atoms with van der Waals surface area (Å²) in [6.07, 6.45) is -4.78. The number of alkyl halides is 3. The van der Waals surface area contributed by atoms with Gasteiger partial charge in [-0.05, 0) is 61.1 Å². The van der Waals surface area contributed by atoms with Crippen LogP contribution in [0.25, 0.3) is 0 Å². The van der Waals surface area contributed by atoms with Crippen LogP contribution in [0, 0.1) is 0 Å². The highest BCUT2D eigenvalue weighted by Crippen LogP contribution is 2.32. The molecule has 3 rings (SSSR count). The fraction of sp³-hybridized carbons (Fsp3) is 0.200. The van der Waals surface area contributed by atoms with Gasteiger partial charge in [0.2, 0.25) is 0 Å². The quantitative estimate of drug-likeness (QED) is 0.634. The maximum Gasteiger partial charge on any atom is 0.573 e. The molecule has 1 unspecified atom stereocenters. The van der Waals surface area contributed by atoms with Gasteiger partial charge in [-0.15, -0.1) is 13.2 Å². The van der Waals surface area contributed by atoms with Crippen molar-refractivity contribution >= 4 is 40.5 Å². The highest BCUT2D eigenvalue weighted by Gasteiger charge is 2.33. The largest absolute Gasteiger partial charge is 0.573 e. The molecule has 0 radical (unpaired) electrons. The highest BCUT2D eigenvalue weighted by atomic mass is 35.5. The van der Waals surface area contributed by atoms with Gasteiger partial charge in [0.05, 0.1) is 11.6 Å². The van der Waals surface area contributed by atoms with E-state index in [9.17, 15) is 18.0 Å². The molecule has 1 amide bonds. The van der Waals surface area contributed by atoms with Gasteiger partial charge in [0, 0.05) is 23.5 Å². The SMILES string of the molecule is CC1=C(C(=O)Nc2ccc(OC(F)(F)F)cc2)C(c2ccc(Cl)cc2)NC(=S)N1C. The Balaban J connectivity index is 1.87. The number of nitrogens with zero attached hydrogens (tertiary/aromatic N) is 1. The van der Waals surface area contributed by atoms with Crippen LogP contribution in [0.3, 0.4) is 0 Å². The average Bonchev–Trinajstić information content (AvgIpc) is 2.67. The number of hydrogen-bond acceptors (Lipinski definition) is 3. The number of allylic oxidation sites excluding steroid dienone is 1. The molecule has 1 aliphatic heterocycles. The Hall–Kier alpha value is -2.78. The average molecular weight is 456 g/mol. The second-order valence-corrected chi connectivity index (χ2v) is 7.34. The Morgan fingerprint density at radius 1 is 1.17 bits per heavy atom. The molecule has 1 atom stereocenters. The van der Waals surface area contributed by atoms with E-state index in [4.69, 9.17) is 23.8 Å². The summed E-state index contributed by atoms with van der Waals surface area (Å²) in [5.41, 5.74) is 2.17. The van der Waals surface area contributed by atoms with Gasteiger partial charge in [-0.1, -0.05) is 23.7 Å². The van der Waals surface area contributed by atoms with Crippen molar-refractivity contribution in [3.63, 3.8) is 0 Å². The number of thiocarbonyl (C=S) groups is 1. The van der Waals surface area contributed by atoms with Gasteiger partial charge < -0.3 is 20.3 Å². The van der Waals surface area contributed by atoms with Crippen molar-refractivity contribution in [1.29, 1.82) is 0 Å². The van der Waals surface area contributed by atoms with E-state index in [0.717, 1.165) is 17.7 Å². The molecule has 1 heterocycles. The number of ether oxygens (including phenoxy) is 1. The zero-order chi connectivity index (χ0) is 22.1. The van der Waals surface area contributed by atoms with Gasteiger partial charge in [0.15, 0.2) is 5.11 Å². The molecule has 0 fully saturated rings. The fourth-order valence-electron chi connectivity index (χ4n) is 2.97. The van der Waals surface area contributed by atoms with Crippen LogP contribution in [0.2, 0.25) is 5.02 Å². The molecule has 2 N–H and O–H groups in total. The summed E-state index contributed by atoms with van der Waals surface area (Å²) in [5, 5.41) is 6.86. The lowest BCUT2D eigenvalue weighted by Gasteiger charge is -2.35. The molecule has 5 nitrogen and oxygen atoms in total. The number of amides is 1. The number of nitrogens with one attached hydrogen (secondary N) is 2. The molecular weight excluding hydrogens is 439 g/mol. The number of carbonyl (C=O) groups excluding carboxylic acids is 1. The third-order valence-electron chi connectivity index (χ3n) is 4.55. The van der Waals surface area contributed by atoms with E-state index in [2.05, 4.69) is 15.4 Å². The number of hydrogen-bond donors (Lipinski definition) is 2. The van der Waals surface area contributed by atoms with E-state index in [1.54, 1.807) is 43.1 Å². The van der Waals surface area contributed by atoms with E-state index in [-0.39, 0.29) is 5.75 Å². The molecule has 10 heteroatoms. The van der Waals surface area contributed by atoms with Gasteiger partial charge in [-0.2, -0.15) is 0 Å². The predicted molar refractivity (Wildman–Crippen MR) is 112 cm³/mol. The third-order valence-corrected chi connectivity index (χ3v) is 5.19. The molecule has 1 aliphatic rings. The Morgan fingerprint density at radius 3 is 2.33 bits per heavy atom.